The van der Waals surface area contributed by atoms with E-state index in [2.05, 4.69) is 43.1 Å². The van der Waals surface area contributed by atoms with Crippen molar-refractivity contribution in [2.45, 2.75) is 76.4 Å². The molecule has 0 spiro atoms. The largest absolute Gasteiger partial charge is 0.491 e. The Balaban J connectivity index is 1.21. The number of carbonyl (C=O) groups is 1. The molecule has 2 bridgehead atoms. The molecule has 4 aliphatic rings. The summed E-state index contributed by atoms with van der Waals surface area (Å²) < 4.78 is 46.6. The molecule has 3 atom stereocenters. The second-order valence-corrected chi connectivity index (χ2v) is 11.7. The normalized spacial score (nSPS) is 28.3. The van der Waals surface area contributed by atoms with E-state index in [1.165, 1.54) is 5.57 Å². The van der Waals surface area contributed by atoms with Gasteiger partial charge >= 0.3 is 12.2 Å². The maximum absolute atomic E-state index is 13.6. The lowest BCUT2D eigenvalue weighted by atomic mass is 9.85. The summed E-state index contributed by atoms with van der Waals surface area (Å²) in [7, 11) is 0. The number of halogens is 3. The molecule has 2 fully saturated rings. The number of aliphatic imine (C=N–C) groups is 1. The third-order valence-electron chi connectivity index (χ3n) is 9.11. The van der Waals surface area contributed by atoms with Crippen LogP contribution in [0.1, 0.15) is 57.1 Å². The minimum atomic E-state index is -4.70. The van der Waals surface area contributed by atoms with Gasteiger partial charge < -0.3 is 19.6 Å². The van der Waals surface area contributed by atoms with Gasteiger partial charge in [0.1, 0.15) is 12.4 Å². The fourth-order valence-corrected chi connectivity index (χ4v) is 6.61. The van der Waals surface area contributed by atoms with Crippen LogP contribution in [0, 0.1) is 5.92 Å². The highest BCUT2D eigenvalue weighted by Gasteiger charge is 2.61. The summed E-state index contributed by atoms with van der Waals surface area (Å²) in [6, 6.07) is 12.7. The highest BCUT2D eigenvalue weighted by molar-refractivity contribution is 5.80. The summed E-state index contributed by atoms with van der Waals surface area (Å²) >= 11 is 0. The number of hydrogen-bond acceptors (Lipinski definition) is 4. The number of alkyl halides is 3. The first kappa shape index (κ1) is 26.9. The van der Waals surface area contributed by atoms with Crippen molar-refractivity contribution in [3.63, 3.8) is 0 Å². The van der Waals surface area contributed by atoms with Gasteiger partial charge in [0.25, 0.3) is 0 Å². The summed E-state index contributed by atoms with van der Waals surface area (Å²) in [5.74, 6) is 1.17. The van der Waals surface area contributed by atoms with E-state index in [-0.39, 0.29) is 6.03 Å². The van der Waals surface area contributed by atoms with Crippen LogP contribution >= 0.6 is 0 Å². The number of aliphatic hydroxyl groups is 1. The number of ether oxygens (including phenoxy) is 1. The van der Waals surface area contributed by atoms with Crippen LogP contribution in [0.2, 0.25) is 0 Å². The van der Waals surface area contributed by atoms with Crippen LogP contribution < -0.4 is 4.74 Å². The first-order chi connectivity index (χ1) is 19.0. The molecular weight excluding hydrogens is 519 g/mol. The van der Waals surface area contributed by atoms with Crippen LogP contribution in [0.15, 0.2) is 53.0 Å². The minimum absolute atomic E-state index is 0.283. The molecule has 2 amide bonds. The van der Waals surface area contributed by atoms with Gasteiger partial charge in [0.05, 0.1) is 18.8 Å². The zero-order valence-electron chi connectivity index (χ0n) is 22.7. The number of piperidine rings is 1. The number of urea groups is 1. The Labute approximate surface area is 232 Å². The average molecular weight is 554 g/mol. The summed E-state index contributed by atoms with van der Waals surface area (Å²) in [5, 5.41) is 10.3. The predicted octanol–water partition coefficient (Wildman–Crippen LogP) is 6.43. The number of rotatable bonds is 2. The van der Waals surface area contributed by atoms with Crippen molar-refractivity contribution in [3.05, 3.63) is 59.2 Å². The molecule has 2 aromatic rings. The summed E-state index contributed by atoms with van der Waals surface area (Å²) in [6.45, 7) is 5.29. The molecular formula is C31H34F3N3O3. The Morgan fingerprint density at radius 2 is 1.70 bits per heavy atom. The van der Waals surface area contributed by atoms with E-state index in [1.807, 2.05) is 24.4 Å². The van der Waals surface area contributed by atoms with Gasteiger partial charge in [-0.25, -0.2) is 4.79 Å². The lowest BCUT2D eigenvalue weighted by Crippen LogP contribution is -2.60. The second kappa shape index (κ2) is 9.94. The first-order valence-electron chi connectivity index (χ1n) is 14.0. The zero-order valence-corrected chi connectivity index (χ0v) is 22.7. The molecule has 6 nitrogen and oxygen atoms in total. The topological polar surface area (TPSA) is 65.4 Å². The number of fused-ring (bicyclic) bond motifs is 3. The molecule has 212 valence electrons. The molecule has 0 aliphatic carbocycles. The van der Waals surface area contributed by atoms with Gasteiger partial charge in [-0.05, 0) is 60.9 Å². The van der Waals surface area contributed by atoms with Gasteiger partial charge in [0, 0.05) is 42.3 Å². The van der Waals surface area contributed by atoms with Gasteiger partial charge in [0.2, 0.25) is 0 Å². The average Bonchev–Trinajstić information content (AvgIpc) is 3.07. The highest BCUT2D eigenvalue weighted by atomic mass is 19.4. The number of hydrogen-bond donors (Lipinski definition) is 1. The number of amides is 2. The summed E-state index contributed by atoms with van der Waals surface area (Å²) in [4.78, 5) is 21.5. The molecule has 4 aliphatic heterocycles. The molecule has 2 aromatic carbocycles. The van der Waals surface area contributed by atoms with Crippen molar-refractivity contribution in [1.82, 2.24) is 9.80 Å². The van der Waals surface area contributed by atoms with Crippen molar-refractivity contribution in [2.24, 2.45) is 10.9 Å². The van der Waals surface area contributed by atoms with E-state index in [0.717, 1.165) is 34.4 Å². The molecule has 6 rings (SSSR count). The van der Waals surface area contributed by atoms with Crippen molar-refractivity contribution >= 4 is 17.9 Å². The van der Waals surface area contributed by atoms with Gasteiger partial charge in [-0.2, -0.15) is 13.2 Å². The van der Waals surface area contributed by atoms with Crippen LogP contribution in [0.3, 0.4) is 0 Å². The molecule has 40 heavy (non-hydrogen) atoms. The smallest absolute Gasteiger partial charge is 0.417 e. The van der Waals surface area contributed by atoms with E-state index < -0.39 is 36.7 Å². The SMILES string of the molecule is CC1=C(c2ccc(-c3ccc4c(c3)CN(C(=O)N3C5CCC3CC(O)(C(F)(F)F)C5)CCO4)cc2)N=CCC1C. The van der Waals surface area contributed by atoms with Crippen molar-refractivity contribution < 1.29 is 27.8 Å². The molecule has 3 unspecified atom stereocenters. The standard InChI is InChI=1S/C31H34F3N3O3/c1-19-11-12-35-28(20(19)2)22-5-3-21(4-6-22)23-7-10-27-24(15-23)18-36(13-14-40-27)29(38)37-25-8-9-26(37)17-30(39,16-25)31(32,33)34/h3-7,10,12,15,19,25-26,39H,8-9,11,13-14,16-18H2,1-2H3. The van der Waals surface area contributed by atoms with Gasteiger partial charge in [-0.3, -0.25) is 4.99 Å². The second-order valence-electron chi connectivity index (χ2n) is 11.7. The molecule has 4 heterocycles. The number of allylic oxidation sites excluding steroid dienone is 1. The number of nitrogens with zero attached hydrogens (tertiary/aromatic N) is 3. The molecule has 0 saturated carbocycles. The van der Waals surface area contributed by atoms with E-state index in [9.17, 15) is 23.1 Å². The molecule has 9 heteroatoms. The monoisotopic (exact) mass is 553 g/mol. The van der Waals surface area contributed by atoms with Crippen molar-refractivity contribution in [3.8, 4) is 16.9 Å². The third kappa shape index (κ3) is 4.68. The van der Waals surface area contributed by atoms with E-state index >= 15 is 0 Å². The van der Waals surface area contributed by atoms with Gasteiger partial charge in [-0.1, -0.05) is 37.3 Å². The fourth-order valence-electron chi connectivity index (χ4n) is 6.61. The maximum Gasteiger partial charge on any atom is 0.417 e. The zero-order chi connectivity index (χ0) is 28.2. The first-order valence-corrected chi connectivity index (χ1v) is 14.0. The van der Waals surface area contributed by atoms with E-state index in [1.54, 1.807) is 9.80 Å². The van der Waals surface area contributed by atoms with E-state index in [4.69, 9.17) is 4.74 Å². The lowest BCUT2D eigenvalue weighted by molar-refractivity contribution is -0.277. The Kier molecular flexibility index (Phi) is 6.68. The van der Waals surface area contributed by atoms with Gasteiger partial charge in [0.15, 0.2) is 5.60 Å². The number of benzene rings is 2. The van der Waals surface area contributed by atoms with Crippen LogP contribution in [-0.4, -0.2) is 64.2 Å². The van der Waals surface area contributed by atoms with Crippen LogP contribution in [0.4, 0.5) is 18.0 Å². The summed E-state index contributed by atoms with van der Waals surface area (Å²) in [6.07, 6.45) is -1.77. The quantitative estimate of drug-likeness (QED) is 0.466. The van der Waals surface area contributed by atoms with Crippen LogP contribution in [0.25, 0.3) is 16.8 Å². The molecule has 0 aromatic heterocycles. The lowest BCUT2D eigenvalue weighted by Gasteiger charge is -2.45. The Morgan fingerprint density at radius 1 is 1.05 bits per heavy atom. The maximum atomic E-state index is 13.6. The van der Waals surface area contributed by atoms with Crippen LogP contribution in [0.5, 0.6) is 5.75 Å². The van der Waals surface area contributed by atoms with Crippen molar-refractivity contribution in [2.75, 3.05) is 13.2 Å². The Bertz CT molecular complexity index is 1350. The minimum Gasteiger partial charge on any atom is -0.491 e. The van der Waals surface area contributed by atoms with Crippen LogP contribution in [-0.2, 0) is 6.54 Å². The molecule has 1 N–H and O–H groups in total. The highest BCUT2D eigenvalue weighted by Crippen LogP contribution is 2.48. The predicted molar refractivity (Wildman–Crippen MR) is 147 cm³/mol. The van der Waals surface area contributed by atoms with Gasteiger partial charge in [-0.15, -0.1) is 0 Å². The third-order valence-corrected chi connectivity index (χ3v) is 9.11. The molecule has 0 radical (unpaired) electrons. The Morgan fingerprint density at radius 3 is 2.38 bits per heavy atom. The molecule has 2 saturated heterocycles. The van der Waals surface area contributed by atoms with E-state index in [0.29, 0.717) is 44.2 Å². The fraction of sp³-hybridized carbons (Fsp3) is 0.484. The van der Waals surface area contributed by atoms with Crippen molar-refractivity contribution in [1.29, 1.82) is 0 Å². The summed E-state index contributed by atoms with van der Waals surface area (Å²) in [5.41, 5.74) is 3.52. The Hall–Kier alpha value is -3.33. The number of carbonyl (C=O) groups excluding carboxylic acids is 1.